The number of aliphatic hydroxyl groups excluding tert-OH is 1. The van der Waals surface area contributed by atoms with E-state index in [-0.39, 0.29) is 16.3 Å². The molecule has 5 rings (SSSR count). The van der Waals surface area contributed by atoms with Crippen LogP contribution in [0.5, 0.6) is 5.75 Å². The van der Waals surface area contributed by atoms with E-state index in [1.807, 2.05) is 0 Å². The number of nitrogens with zero attached hydrogens (tertiary/aromatic N) is 2. The molecule has 0 saturated carbocycles. The van der Waals surface area contributed by atoms with Crippen LogP contribution in [0, 0.1) is 11.6 Å². The standard InChI is InChI=1S/C25H16F2N2O4S/c1-33-17-4-2-3-14(11-17)21-20(22(30)13-5-7-15(26)8-6-13)23(31)24(32)29(21)25-28-18-10-9-16(27)12-19(18)34-25/h2-12,21,30H,1H3/t21-/m1/s1. The normalized spacial score (nSPS) is 17.5. The predicted octanol–water partition coefficient (Wildman–Crippen LogP) is 5.21. The molecule has 4 aromatic rings. The third-order valence-electron chi connectivity index (χ3n) is 5.52. The van der Waals surface area contributed by atoms with E-state index in [2.05, 4.69) is 4.98 Å². The van der Waals surface area contributed by atoms with Gasteiger partial charge in [-0.15, -0.1) is 0 Å². The van der Waals surface area contributed by atoms with Gasteiger partial charge in [-0.2, -0.15) is 0 Å². The monoisotopic (exact) mass is 478 g/mol. The second kappa shape index (κ2) is 8.35. The van der Waals surface area contributed by atoms with E-state index in [1.54, 1.807) is 24.3 Å². The molecule has 1 N–H and O–H groups in total. The Kier molecular flexibility index (Phi) is 5.33. The lowest BCUT2D eigenvalue weighted by Gasteiger charge is -2.23. The highest BCUT2D eigenvalue weighted by Crippen LogP contribution is 2.44. The second-order valence-electron chi connectivity index (χ2n) is 7.56. The van der Waals surface area contributed by atoms with E-state index in [0.29, 0.717) is 21.5 Å². The fourth-order valence-electron chi connectivity index (χ4n) is 3.91. The van der Waals surface area contributed by atoms with Gasteiger partial charge in [0, 0.05) is 5.56 Å². The first-order chi connectivity index (χ1) is 16.4. The maximum Gasteiger partial charge on any atom is 0.301 e. The molecular weight excluding hydrogens is 462 g/mol. The number of aromatic nitrogens is 1. The van der Waals surface area contributed by atoms with Crippen LogP contribution >= 0.6 is 11.3 Å². The number of thiazole rings is 1. The number of methoxy groups -OCH3 is 1. The Morgan fingerprint density at radius 3 is 2.50 bits per heavy atom. The van der Waals surface area contributed by atoms with Gasteiger partial charge in [0.2, 0.25) is 0 Å². The number of carbonyl (C=O) groups excluding carboxylic acids is 2. The first kappa shape index (κ1) is 21.7. The lowest BCUT2D eigenvalue weighted by atomic mass is 9.95. The van der Waals surface area contributed by atoms with Gasteiger partial charge in [-0.1, -0.05) is 23.5 Å². The number of rotatable bonds is 4. The van der Waals surface area contributed by atoms with E-state index in [1.165, 1.54) is 42.3 Å². The van der Waals surface area contributed by atoms with E-state index < -0.39 is 35.1 Å². The Morgan fingerprint density at radius 2 is 1.76 bits per heavy atom. The number of amides is 1. The molecule has 9 heteroatoms. The summed E-state index contributed by atoms with van der Waals surface area (Å²) in [4.78, 5) is 32.0. The summed E-state index contributed by atoms with van der Waals surface area (Å²) in [5.41, 5.74) is 0.966. The highest BCUT2D eigenvalue weighted by Gasteiger charge is 2.48. The summed E-state index contributed by atoms with van der Waals surface area (Å²) in [6, 6.07) is 14.7. The van der Waals surface area contributed by atoms with E-state index in [4.69, 9.17) is 4.74 Å². The van der Waals surface area contributed by atoms with Gasteiger partial charge < -0.3 is 9.84 Å². The molecule has 0 spiro atoms. The van der Waals surface area contributed by atoms with Crippen molar-refractivity contribution in [1.82, 2.24) is 4.98 Å². The highest BCUT2D eigenvalue weighted by molar-refractivity contribution is 7.22. The molecule has 0 radical (unpaired) electrons. The van der Waals surface area contributed by atoms with Gasteiger partial charge in [-0.05, 0) is 60.2 Å². The van der Waals surface area contributed by atoms with Crippen molar-refractivity contribution in [2.24, 2.45) is 0 Å². The Labute approximate surface area is 196 Å². The number of benzene rings is 3. The van der Waals surface area contributed by atoms with Crippen molar-refractivity contribution in [1.29, 1.82) is 0 Å². The molecule has 1 amide bonds. The minimum atomic E-state index is -1.04. The van der Waals surface area contributed by atoms with Crippen molar-refractivity contribution in [3.8, 4) is 5.75 Å². The molecule has 170 valence electrons. The number of ether oxygens (including phenoxy) is 1. The zero-order chi connectivity index (χ0) is 24.0. The van der Waals surface area contributed by atoms with Crippen LogP contribution in [0.4, 0.5) is 13.9 Å². The zero-order valence-corrected chi connectivity index (χ0v) is 18.5. The number of carbonyl (C=O) groups is 2. The number of hydrogen-bond acceptors (Lipinski definition) is 6. The smallest absolute Gasteiger partial charge is 0.301 e. The zero-order valence-electron chi connectivity index (χ0n) is 17.7. The minimum absolute atomic E-state index is 0.171. The molecule has 1 aliphatic rings. The Balaban J connectivity index is 1.74. The van der Waals surface area contributed by atoms with E-state index >= 15 is 0 Å². The fourth-order valence-corrected chi connectivity index (χ4v) is 4.93. The molecule has 1 aromatic heterocycles. The third kappa shape index (κ3) is 3.60. The van der Waals surface area contributed by atoms with Gasteiger partial charge in [0.15, 0.2) is 5.13 Å². The lowest BCUT2D eigenvalue weighted by molar-refractivity contribution is -0.132. The lowest BCUT2D eigenvalue weighted by Crippen LogP contribution is -2.29. The molecule has 34 heavy (non-hydrogen) atoms. The van der Waals surface area contributed by atoms with Crippen LogP contribution in [0.25, 0.3) is 16.0 Å². The molecule has 1 saturated heterocycles. The van der Waals surface area contributed by atoms with Crippen molar-refractivity contribution in [3.05, 3.63) is 95.1 Å². The molecule has 6 nitrogen and oxygen atoms in total. The summed E-state index contributed by atoms with van der Waals surface area (Å²) >= 11 is 1.05. The number of halogens is 2. The first-order valence-corrected chi connectivity index (χ1v) is 11.0. The average Bonchev–Trinajstić information content (AvgIpc) is 3.37. The summed E-state index contributed by atoms with van der Waals surface area (Å²) < 4.78 is 33.0. The van der Waals surface area contributed by atoms with Gasteiger partial charge in [0.1, 0.15) is 23.1 Å². The molecule has 0 bridgehead atoms. The Hall–Kier alpha value is -4.11. The van der Waals surface area contributed by atoms with Crippen LogP contribution in [0.1, 0.15) is 17.2 Å². The number of ketones is 1. The summed E-state index contributed by atoms with van der Waals surface area (Å²) in [6.45, 7) is 0. The Bertz CT molecular complexity index is 1480. The average molecular weight is 478 g/mol. The third-order valence-corrected chi connectivity index (χ3v) is 6.53. The van der Waals surface area contributed by atoms with Crippen LogP contribution in [0.15, 0.2) is 72.3 Å². The molecule has 1 atom stereocenters. The SMILES string of the molecule is COc1cccc([C@@H]2C(=C(O)c3ccc(F)cc3)C(=O)C(=O)N2c2nc3ccc(F)cc3s2)c1. The van der Waals surface area contributed by atoms with Crippen molar-refractivity contribution >= 4 is 44.1 Å². The molecule has 1 aliphatic heterocycles. The molecular formula is C25H16F2N2O4S. The summed E-state index contributed by atoms with van der Waals surface area (Å²) in [5, 5.41) is 11.2. The Morgan fingerprint density at radius 1 is 1.03 bits per heavy atom. The number of Topliss-reactive ketones (excluding diaryl/α,β-unsaturated/α-hetero) is 1. The molecule has 0 unspecified atom stereocenters. The van der Waals surface area contributed by atoms with Crippen LogP contribution in [-0.2, 0) is 9.59 Å². The topological polar surface area (TPSA) is 79.7 Å². The summed E-state index contributed by atoms with van der Waals surface area (Å²) in [6.07, 6.45) is 0. The molecule has 3 aromatic carbocycles. The van der Waals surface area contributed by atoms with Crippen molar-refractivity contribution in [3.63, 3.8) is 0 Å². The number of hydrogen-bond donors (Lipinski definition) is 1. The van der Waals surface area contributed by atoms with Crippen molar-refractivity contribution in [2.45, 2.75) is 6.04 Å². The largest absolute Gasteiger partial charge is 0.507 e. The van der Waals surface area contributed by atoms with Gasteiger partial charge in [-0.3, -0.25) is 14.5 Å². The number of anilines is 1. The first-order valence-electron chi connectivity index (χ1n) is 10.1. The molecule has 2 heterocycles. The van der Waals surface area contributed by atoms with Crippen LogP contribution < -0.4 is 9.64 Å². The van der Waals surface area contributed by atoms with Gasteiger partial charge in [0.05, 0.1) is 28.9 Å². The summed E-state index contributed by atoms with van der Waals surface area (Å²) in [5.74, 6) is -2.73. The molecule has 0 aliphatic carbocycles. The highest BCUT2D eigenvalue weighted by atomic mass is 32.1. The van der Waals surface area contributed by atoms with Gasteiger partial charge in [0.25, 0.3) is 5.78 Å². The van der Waals surface area contributed by atoms with Gasteiger partial charge >= 0.3 is 5.91 Å². The maximum absolute atomic E-state index is 13.7. The predicted molar refractivity (Wildman–Crippen MR) is 124 cm³/mol. The number of aliphatic hydroxyl groups is 1. The van der Waals surface area contributed by atoms with Crippen LogP contribution in [-0.4, -0.2) is 28.9 Å². The second-order valence-corrected chi connectivity index (χ2v) is 8.57. The quantitative estimate of drug-likeness (QED) is 0.248. The van der Waals surface area contributed by atoms with E-state index in [0.717, 1.165) is 23.5 Å². The van der Waals surface area contributed by atoms with Crippen LogP contribution in [0.2, 0.25) is 0 Å². The van der Waals surface area contributed by atoms with Gasteiger partial charge in [-0.25, -0.2) is 13.8 Å². The number of fused-ring (bicyclic) bond motifs is 1. The maximum atomic E-state index is 13.7. The minimum Gasteiger partial charge on any atom is -0.507 e. The summed E-state index contributed by atoms with van der Waals surface area (Å²) in [7, 11) is 1.48. The van der Waals surface area contributed by atoms with Crippen molar-refractivity contribution in [2.75, 3.05) is 12.0 Å². The van der Waals surface area contributed by atoms with Crippen LogP contribution in [0.3, 0.4) is 0 Å². The fraction of sp³-hybridized carbons (Fsp3) is 0.0800. The van der Waals surface area contributed by atoms with E-state index in [9.17, 15) is 23.5 Å². The van der Waals surface area contributed by atoms with Crippen molar-refractivity contribution < 1.29 is 28.2 Å². The molecule has 1 fully saturated rings.